The molecule has 0 radical (unpaired) electrons. The summed E-state index contributed by atoms with van der Waals surface area (Å²) in [6, 6.07) is 15.9. The van der Waals surface area contributed by atoms with Gasteiger partial charge in [0.05, 0.1) is 11.7 Å². The minimum absolute atomic E-state index is 0.0123. The number of likely N-dealkylation sites (N-methyl/N-ethyl adjacent to an activating group) is 1. The van der Waals surface area contributed by atoms with E-state index in [1.165, 1.54) is 5.56 Å². The fourth-order valence-electron chi connectivity index (χ4n) is 4.56. The van der Waals surface area contributed by atoms with E-state index < -0.39 is 0 Å². The lowest BCUT2D eigenvalue weighted by atomic mass is 10.0. The van der Waals surface area contributed by atoms with Crippen molar-refractivity contribution in [2.75, 3.05) is 39.2 Å². The molecule has 0 aromatic heterocycles. The van der Waals surface area contributed by atoms with Crippen molar-refractivity contribution in [2.45, 2.75) is 45.4 Å². The number of ether oxygens (including phenoxy) is 2. The Balaban J connectivity index is 1.61. The summed E-state index contributed by atoms with van der Waals surface area (Å²) < 4.78 is 12.1. The molecule has 2 aromatic carbocycles. The zero-order chi connectivity index (χ0) is 24.9. The maximum atomic E-state index is 13.5. The maximum Gasteiger partial charge on any atom is 0.257 e. The van der Waals surface area contributed by atoms with Crippen molar-refractivity contribution in [1.29, 1.82) is 0 Å². The summed E-state index contributed by atoms with van der Waals surface area (Å²) in [6.07, 6.45) is 1.74. The standard InChI is InChI=1S/C28H37N3O4/c1-19-15-31(16-21-8-6-5-7-9-21)20(2)18-35-25-13-12-23(29-27(32)22-10-11-22)14-24(25)28(33)30(3)17-26(19)34-4/h5-9,12-14,19-20,22,26H,10-11,15-18H2,1-4H3,(H,29,32)/t19-,20+,26-/m1/s1. The predicted octanol–water partition coefficient (Wildman–Crippen LogP) is 4.04. The molecule has 1 fully saturated rings. The number of carbonyl (C=O) groups excluding carboxylic acids is 2. The second-order valence-electron chi connectivity index (χ2n) is 9.99. The highest BCUT2D eigenvalue weighted by Gasteiger charge is 2.31. The number of anilines is 1. The van der Waals surface area contributed by atoms with Crippen LogP contribution < -0.4 is 10.1 Å². The van der Waals surface area contributed by atoms with Crippen molar-refractivity contribution >= 4 is 17.5 Å². The summed E-state index contributed by atoms with van der Waals surface area (Å²) in [5.74, 6) is 0.681. The van der Waals surface area contributed by atoms with Gasteiger partial charge in [0.15, 0.2) is 0 Å². The van der Waals surface area contributed by atoms with Crippen molar-refractivity contribution in [1.82, 2.24) is 9.80 Å². The highest BCUT2D eigenvalue weighted by Crippen LogP contribution is 2.31. The molecule has 7 heteroatoms. The van der Waals surface area contributed by atoms with Gasteiger partial charge >= 0.3 is 0 Å². The van der Waals surface area contributed by atoms with E-state index in [0.717, 1.165) is 25.9 Å². The van der Waals surface area contributed by atoms with Crippen LogP contribution >= 0.6 is 0 Å². The average Bonchev–Trinajstić information content (AvgIpc) is 3.71. The molecule has 2 amide bonds. The van der Waals surface area contributed by atoms with Gasteiger partial charge in [-0.15, -0.1) is 0 Å². The quantitative estimate of drug-likeness (QED) is 0.701. The van der Waals surface area contributed by atoms with Crippen molar-refractivity contribution in [3.05, 3.63) is 59.7 Å². The van der Waals surface area contributed by atoms with Crippen LogP contribution in [0.3, 0.4) is 0 Å². The highest BCUT2D eigenvalue weighted by molar-refractivity contribution is 6.00. The number of methoxy groups -OCH3 is 1. The topological polar surface area (TPSA) is 71.1 Å². The van der Waals surface area contributed by atoms with Crippen LogP contribution in [0.1, 0.15) is 42.6 Å². The van der Waals surface area contributed by atoms with Crippen LogP contribution in [0, 0.1) is 11.8 Å². The van der Waals surface area contributed by atoms with Crippen LogP contribution in [0.15, 0.2) is 48.5 Å². The Bertz CT molecular complexity index is 1020. The predicted molar refractivity (Wildman–Crippen MR) is 137 cm³/mol. The first-order valence-corrected chi connectivity index (χ1v) is 12.5. The molecule has 1 heterocycles. The van der Waals surface area contributed by atoms with Crippen LogP contribution in [-0.2, 0) is 16.1 Å². The lowest BCUT2D eigenvalue weighted by molar-refractivity contribution is -0.117. The molecule has 35 heavy (non-hydrogen) atoms. The minimum Gasteiger partial charge on any atom is -0.491 e. The number of rotatable bonds is 5. The number of hydrogen-bond acceptors (Lipinski definition) is 5. The van der Waals surface area contributed by atoms with E-state index in [-0.39, 0.29) is 35.8 Å². The summed E-state index contributed by atoms with van der Waals surface area (Å²) in [6.45, 7) is 6.85. The van der Waals surface area contributed by atoms with Crippen LogP contribution in [-0.4, -0.2) is 67.6 Å². The molecule has 1 N–H and O–H groups in total. The van der Waals surface area contributed by atoms with Crippen LogP contribution in [0.4, 0.5) is 5.69 Å². The lowest BCUT2D eigenvalue weighted by Gasteiger charge is -2.36. The summed E-state index contributed by atoms with van der Waals surface area (Å²) in [5.41, 5.74) is 2.32. The third kappa shape index (κ3) is 6.41. The Morgan fingerprint density at radius 2 is 1.86 bits per heavy atom. The zero-order valence-corrected chi connectivity index (χ0v) is 21.2. The summed E-state index contributed by atoms with van der Waals surface area (Å²) in [7, 11) is 3.50. The van der Waals surface area contributed by atoms with Crippen LogP contribution in [0.5, 0.6) is 5.75 Å². The molecule has 1 aliphatic carbocycles. The van der Waals surface area contributed by atoms with Crippen molar-refractivity contribution < 1.29 is 19.1 Å². The maximum absolute atomic E-state index is 13.5. The summed E-state index contributed by atoms with van der Waals surface area (Å²) >= 11 is 0. The Kier molecular flexibility index (Phi) is 8.08. The van der Waals surface area contributed by atoms with E-state index in [2.05, 4.69) is 48.3 Å². The molecule has 3 atom stereocenters. The van der Waals surface area contributed by atoms with E-state index in [4.69, 9.17) is 9.47 Å². The van der Waals surface area contributed by atoms with E-state index in [0.29, 0.717) is 30.2 Å². The van der Waals surface area contributed by atoms with Gasteiger partial charge in [0, 0.05) is 51.4 Å². The average molecular weight is 480 g/mol. The number of fused-ring (bicyclic) bond motifs is 1. The Hall–Kier alpha value is -2.90. The number of hydrogen-bond donors (Lipinski definition) is 1. The van der Waals surface area contributed by atoms with Crippen molar-refractivity contribution in [3.63, 3.8) is 0 Å². The molecule has 0 bridgehead atoms. The SMILES string of the molecule is CO[C@@H]1CN(C)C(=O)c2cc(NC(=O)C3CC3)ccc2OC[C@H](C)N(Cc2ccccc2)C[C@H]1C. The second kappa shape index (κ2) is 11.2. The molecule has 2 aliphatic rings. The largest absolute Gasteiger partial charge is 0.491 e. The molecule has 0 unspecified atom stereocenters. The third-order valence-electron chi connectivity index (χ3n) is 7.02. The molecular formula is C28H37N3O4. The lowest BCUT2D eigenvalue weighted by Crippen LogP contribution is -2.46. The molecule has 1 saturated carbocycles. The van der Waals surface area contributed by atoms with Gasteiger partial charge in [0.2, 0.25) is 5.91 Å². The molecule has 0 saturated heterocycles. The molecule has 0 spiro atoms. The number of nitrogens with zero attached hydrogens (tertiary/aromatic N) is 2. The number of carbonyl (C=O) groups is 2. The molecular weight excluding hydrogens is 442 g/mol. The summed E-state index contributed by atoms with van der Waals surface area (Å²) in [5, 5.41) is 2.95. The Labute approximate surface area is 208 Å². The van der Waals surface area contributed by atoms with Gasteiger partial charge in [-0.2, -0.15) is 0 Å². The van der Waals surface area contributed by atoms with Gasteiger partial charge in [-0.3, -0.25) is 14.5 Å². The Morgan fingerprint density at radius 3 is 2.54 bits per heavy atom. The van der Waals surface area contributed by atoms with Crippen molar-refractivity contribution in [2.24, 2.45) is 11.8 Å². The Morgan fingerprint density at radius 1 is 1.11 bits per heavy atom. The number of amides is 2. The van der Waals surface area contributed by atoms with Crippen molar-refractivity contribution in [3.8, 4) is 5.75 Å². The van der Waals surface area contributed by atoms with E-state index in [1.54, 1.807) is 31.2 Å². The first-order chi connectivity index (χ1) is 16.9. The molecule has 4 rings (SSSR count). The minimum atomic E-state index is -0.147. The molecule has 2 aromatic rings. The highest BCUT2D eigenvalue weighted by atomic mass is 16.5. The second-order valence-corrected chi connectivity index (χ2v) is 9.99. The van der Waals surface area contributed by atoms with Gasteiger partial charge in [0.25, 0.3) is 5.91 Å². The smallest absolute Gasteiger partial charge is 0.257 e. The van der Waals surface area contributed by atoms with E-state index in [1.807, 2.05) is 12.1 Å². The first-order valence-electron chi connectivity index (χ1n) is 12.5. The van der Waals surface area contributed by atoms with Gasteiger partial charge in [-0.05, 0) is 49.4 Å². The van der Waals surface area contributed by atoms with Gasteiger partial charge in [-0.1, -0.05) is 37.3 Å². The summed E-state index contributed by atoms with van der Waals surface area (Å²) in [4.78, 5) is 29.8. The molecule has 7 nitrogen and oxygen atoms in total. The normalized spacial score (nSPS) is 24.1. The van der Waals surface area contributed by atoms with Crippen LogP contribution in [0.25, 0.3) is 0 Å². The molecule has 188 valence electrons. The zero-order valence-electron chi connectivity index (χ0n) is 21.2. The fraction of sp³-hybridized carbons (Fsp3) is 0.500. The van der Waals surface area contributed by atoms with E-state index in [9.17, 15) is 9.59 Å². The fourth-order valence-corrected chi connectivity index (χ4v) is 4.56. The monoisotopic (exact) mass is 479 g/mol. The van der Waals surface area contributed by atoms with Gasteiger partial charge < -0.3 is 19.7 Å². The third-order valence-corrected chi connectivity index (χ3v) is 7.02. The first kappa shape index (κ1) is 25.2. The van der Waals surface area contributed by atoms with E-state index >= 15 is 0 Å². The number of benzene rings is 2. The van der Waals surface area contributed by atoms with Gasteiger partial charge in [0.1, 0.15) is 12.4 Å². The molecule has 1 aliphatic heterocycles. The van der Waals surface area contributed by atoms with Crippen LogP contribution in [0.2, 0.25) is 0 Å². The van der Waals surface area contributed by atoms with Gasteiger partial charge in [-0.25, -0.2) is 0 Å². The number of nitrogens with one attached hydrogen (secondary N) is 1.